The van der Waals surface area contributed by atoms with Crippen LogP contribution in [0.25, 0.3) is 0 Å². The molecule has 2 aliphatic rings. The molecule has 29 heavy (non-hydrogen) atoms. The van der Waals surface area contributed by atoms with Gasteiger partial charge in [0, 0.05) is 37.3 Å². The average molecular weight is 397 g/mol. The monoisotopic (exact) mass is 397 g/mol. The average Bonchev–Trinajstić information content (AvgIpc) is 3.06. The molecule has 2 N–H and O–H groups in total. The van der Waals surface area contributed by atoms with E-state index in [9.17, 15) is 9.59 Å². The molecule has 4 rings (SSSR count). The van der Waals surface area contributed by atoms with Gasteiger partial charge in [0.15, 0.2) is 0 Å². The zero-order chi connectivity index (χ0) is 20.2. The number of nitrogens with zero attached hydrogens (tertiary/aromatic N) is 1. The molecule has 0 saturated carbocycles. The molecule has 0 unspecified atom stereocenters. The fourth-order valence-electron chi connectivity index (χ4n) is 3.94. The minimum atomic E-state index is -0.120. The number of aryl methyl sites for hydroxylation is 2. The molecule has 1 aromatic heterocycles. The van der Waals surface area contributed by atoms with Crippen LogP contribution in [-0.4, -0.2) is 49.6 Å². The van der Waals surface area contributed by atoms with E-state index in [1.165, 1.54) is 0 Å². The second-order valence-corrected chi connectivity index (χ2v) is 7.60. The second-order valence-electron chi connectivity index (χ2n) is 7.60. The zero-order valence-corrected chi connectivity index (χ0v) is 16.7. The predicted octanol–water partition coefficient (Wildman–Crippen LogP) is 2.67. The summed E-state index contributed by atoms with van der Waals surface area (Å²) in [6.07, 6.45) is 2.10. The molecule has 1 atom stereocenters. The maximum absolute atomic E-state index is 12.8. The van der Waals surface area contributed by atoms with Crippen molar-refractivity contribution in [2.45, 2.75) is 32.2 Å². The standard InChI is InChI=1S/C22H27N3O4/c1-15-5-8-20(29-15)19(25-9-11-28-12-10-25)14-23-22(27)17-6-7-18-16(13-17)3-2-4-21(26)24-18/h5-8,13,19H,2-4,9-12,14H2,1H3,(H,23,27)(H,24,26)/t19-/m1/s1. The van der Waals surface area contributed by atoms with E-state index in [-0.39, 0.29) is 17.9 Å². The quantitative estimate of drug-likeness (QED) is 0.810. The van der Waals surface area contributed by atoms with E-state index >= 15 is 0 Å². The van der Waals surface area contributed by atoms with Crippen LogP contribution >= 0.6 is 0 Å². The van der Waals surface area contributed by atoms with Crippen molar-refractivity contribution >= 4 is 17.5 Å². The van der Waals surface area contributed by atoms with Crippen molar-refractivity contribution in [2.24, 2.45) is 0 Å². The molecular formula is C22H27N3O4. The van der Waals surface area contributed by atoms with Gasteiger partial charge in [0.25, 0.3) is 5.91 Å². The lowest BCUT2D eigenvalue weighted by Gasteiger charge is -2.33. The minimum Gasteiger partial charge on any atom is -0.465 e. The number of amides is 2. The Morgan fingerprint density at radius 2 is 2.03 bits per heavy atom. The Balaban J connectivity index is 1.46. The first-order valence-corrected chi connectivity index (χ1v) is 10.2. The SMILES string of the molecule is Cc1ccc([C@@H](CNC(=O)c2ccc3c(c2)CCCC(=O)N3)N2CCOCC2)o1. The lowest BCUT2D eigenvalue weighted by molar-refractivity contribution is -0.116. The molecule has 1 fully saturated rings. The Hall–Kier alpha value is -2.64. The van der Waals surface area contributed by atoms with Crippen LogP contribution in [0.4, 0.5) is 5.69 Å². The van der Waals surface area contributed by atoms with Crippen LogP contribution in [0.1, 0.15) is 46.3 Å². The lowest BCUT2D eigenvalue weighted by atomic mass is 10.0. The number of benzene rings is 1. The molecule has 0 aliphatic carbocycles. The van der Waals surface area contributed by atoms with E-state index in [4.69, 9.17) is 9.15 Å². The smallest absolute Gasteiger partial charge is 0.251 e. The molecule has 154 valence electrons. The fourth-order valence-corrected chi connectivity index (χ4v) is 3.94. The second kappa shape index (κ2) is 8.80. The van der Waals surface area contributed by atoms with Gasteiger partial charge in [-0.3, -0.25) is 14.5 Å². The van der Waals surface area contributed by atoms with Crippen LogP contribution < -0.4 is 10.6 Å². The highest BCUT2D eigenvalue weighted by Crippen LogP contribution is 2.25. The van der Waals surface area contributed by atoms with E-state index in [0.29, 0.717) is 31.7 Å². The van der Waals surface area contributed by atoms with E-state index in [0.717, 1.165) is 48.7 Å². The summed E-state index contributed by atoms with van der Waals surface area (Å²) in [6, 6.07) is 9.37. The molecule has 7 nitrogen and oxygen atoms in total. The largest absolute Gasteiger partial charge is 0.465 e. The maximum atomic E-state index is 12.8. The van der Waals surface area contributed by atoms with Crippen molar-refractivity contribution in [3.8, 4) is 0 Å². The zero-order valence-electron chi connectivity index (χ0n) is 16.7. The minimum absolute atomic E-state index is 0.0306. The number of fused-ring (bicyclic) bond motifs is 1. The third-order valence-electron chi connectivity index (χ3n) is 5.52. The first kappa shape index (κ1) is 19.7. The van der Waals surface area contributed by atoms with Gasteiger partial charge in [0.1, 0.15) is 11.5 Å². The number of hydrogen-bond acceptors (Lipinski definition) is 5. The summed E-state index contributed by atoms with van der Waals surface area (Å²) in [6.45, 7) is 5.35. The first-order valence-electron chi connectivity index (χ1n) is 10.2. The summed E-state index contributed by atoms with van der Waals surface area (Å²) in [5, 5.41) is 5.97. The Kier molecular flexibility index (Phi) is 5.97. The summed E-state index contributed by atoms with van der Waals surface area (Å²) < 4.78 is 11.3. The maximum Gasteiger partial charge on any atom is 0.251 e. The van der Waals surface area contributed by atoms with Gasteiger partial charge in [-0.25, -0.2) is 0 Å². The Labute approximate surface area is 170 Å². The third kappa shape index (κ3) is 4.68. The van der Waals surface area contributed by atoms with Crippen molar-refractivity contribution < 1.29 is 18.7 Å². The predicted molar refractivity (Wildman–Crippen MR) is 109 cm³/mol. The summed E-state index contributed by atoms with van der Waals surface area (Å²) in [4.78, 5) is 26.8. The van der Waals surface area contributed by atoms with Gasteiger partial charge in [-0.15, -0.1) is 0 Å². The molecule has 2 amide bonds. The van der Waals surface area contributed by atoms with Crippen LogP contribution in [0.3, 0.4) is 0 Å². The number of hydrogen-bond donors (Lipinski definition) is 2. The van der Waals surface area contributed by atoms with Gasteiger partial charge in [0.2, 0.25) is 5.91 Å². The van der Waals surface area contributed by atoms with Crippen molar-refractivity contribution in [3.63, 3.8) is 0 Å². The molecule has 0 bridgehead atoms. The number of morpholine rings is 1. The number of furan rings is 1. The fraction of sp³-hybridized carbons (Fsp3) is 0.455. The van der Waals surface area contributed by atoms with Crippen molar-refractivity contribution in [1.29, 1.82) is 0 Å². The van der Waals surface area contributed by atoms with Crippen LogP contribution in [-0.2, 0) is 16.0 Å². The lowest BCUT2D eigenvalue weighted by Crippen LogP contribution is -2.43. The third-order valence-corrected chi connectivity index (χ3v) is 5.52. The molecule has 0 radical (unpaired) electrons. The molecule has 1 saturated heterocycles. The van der Waals surface area contributed by atoms with Gasteiger partial charge in [-0.2, -0.15) is 0 Å². The van der Waals surface area contributed by atoms with Crippen molar-refractivity contribution in [3.05, 3.63) is 53.0 Å². The molecule has 7 heteroatoms. The summed E-state index contributed by atoms with van der Waals surface area (Å²) in [5.74, 6) is 1.62. The van der Waals surface area contributed by atoms with E-state index in [1.807, 2.05) is 31.2 Å². The van der Waals surface area contributed by atoms with E-state index in [2.05, 4.69) is 15.5 Å². The summed E-state index contributed by atoms with van der Waals surface area (Å²) in [5.41, 5.74) is 2.42. The molecule has 1 aromatic carbocycles. The topological polar surface area (TPSA) is 83.8 Å². The Bertz CT molecular complexity index is 886. The normalized spacial score (nSPS) is 18.4. The van der Waals surface area contributed by atoms with Crippen LogP contribution in [0.5, 0.6) is 0 Å². The first-order chi connectivity index (χ1) is 14.1. The highest BCUT2D eigenvalue weighted by atomic mass is 16.5. The number of ether oxygens (including phenoxy) is 1. The molecule has 3 heterocycles. The number of anilines is 1. The summed E-state index contributed by atoms with van der Waals surface area (Å²) in [7, 11) is 0. The summed E-state index contributed by atoms with van der Waals surface area (Å²) >= 11 is 0. The Morgan fingerprint density at radius 3 is 2.79 bits per heavy atom. The number of carbonyl (C=O) groups excluding carboxylic acids is 2. The highest BCUT2D eigenvalue weighted by Gasteiger charge is 2.26. The van der Waals surface area contributed by atoms with Crippen LogP contribution in [0, 0.1) is 6.92 Å². The van der Waals surface area contributed by atoms with E-state index < -0.39 is 0 Å². The van der Waals surface area contributed by atoms with Crippen molar-refractivity contribution in [1.82, 2.24) is 10.2 Å². The van der Waals surface area contributed by atoms with Crippen LogP contribution in [0.15, 0.2) is 34.7 Å². The van der Waals surface area contributed by atoms with Gasteiger partial charge in [-0.1, -0.05) is 0 Å². The number of carbonyl (C=O) groups is 2. The molecular weight excluding hydrogens is 370 g/mol. The number of rotatable bonds is 5. The number of nitrogens with one attached hydrogen (secondary N) is 2. The Morgan fingerprint density at radius 1 is 1.21 bits per heavy atom. The van der Waals surface area contributed by atoms with Crippen LogP contribution in [0.2, 0.25) is 0 Å². The van der Waals surface area contributed by atoms with Gasteiger partial charge >= 0.3 is 0 Å². The molecule has 0 spiro atoms. The van der Waals surface area contributed by atoms with Gasteiger partial charge in [-0.05, 0) is 55.7 Å². The highest BCUT2D eigenvalue weighted by molar-refractivity contribution is 5.97. The van der Waals surface area contributed by atoms with Gasteiger partial charge in [0.05, 0.1) is 19.3 Å². The van der Waals surface area contributed by atoms with Gasteiger partial charge < -0.3 is 19.8 Å². The van der Waals surface area contributed by atoms with Crippen molar-refractivity contribution in [2.75, 3.05) is 38.2 Å². The van der Waals surface area contributed by atoms with E-state index in [1.54, 1.807) is 6.07 Å². The molecule has 2 aliphatic heterocycles. The molecule has 2 aromatic rings.